The fourth-order valence-electron chi connectivity index (χ4n) is 1.18. The Morgan fingerprint density at radius 1 is 1.47 bits per heavy atom. The Balaban J connectivity index is 2.84. The van der Waals surface area contributed by atoms with Crippen LogP contribution in [0.15, 0.2) is 23.0 Å². The largest absolute Gasteiger partial charge is 0.472 e. The Morgan fingerprint density at radius 2 is 2.07 bits per heavy atom. The van der Waals surface area contributed by atoms with Crippen molar-refractivity contribution in [2.24, 2.45) is 5.73 Å². The molecule has 5 nitrogen and oxygen atoms in total. The van der Waals surface area contributed by atoms with Gasteiger partial charge in [-0.15, -0.1) is 0 Å². The molecule has 0 bridgehead atoms. The Bertz CT molecular complexity index is 315. The van der Waals surface area contributed by atoms with Crippen LogP contribution in [0.5, 0.6) is 0 Å². The minimum Gasteiger partial charge on any atom is -0.472 e. The SMILES string of the molecule is CCOP(=O)(OCC)[C@@H](N)c1ccoc1. The van der Waals surface area contributed by atoms with Crippen molar-refractivity contribution in [3.63, 3.8) is 0 Å². The zero-order valence-corrected chi connectivity index (χ0v) is 9.78. The van der Waals surface area contributed by atoms with E-state index in [1.165, 1.54) is 12.5 Å². The average Bonchev–Trinajstić information content (AvgIpc) is 2.70. The van der Waals surface area contributed by atoms with Gasteiger partial charge in [0, 0.05) is 5.56 Å². The van der Waals surface area contributed by atoms with E-state index in [2.05, 4.69) is 0 Å². The van der Waals surface area contributed by atoms with Crippen molar-refractivity contribution < 1.29 is 18.0 Å². The van der Waals surface area contributed by atoms with Gasteiger partial charge in [-0.1, -0.05) is 0 Å². The predicted octanol–water partition coefficient (Wildman–Crippen LogP) is 2.50. The Kier molecular flexibility index (Phi) is 4.54. The van der Waals surface area contributed by atoms with Crippen LogP contribution in [0.25, 0.3) is 0 Å². The molecule has 0 fully saturated rings. The summed E-state index contributed by atoms with van der Waals surface area (Å²) in [5.41, 5.74) is 6.43. The number of hydrogen-bond donors (Lipinski definition) is 1. The highest BCUT2D eigenvalue weighted by Crippen LogP contribution is 2.58. The molecule has 0 unspecified atom stereocenters. The monoisotopic (exact) mass is 233 g/mol. The van der Waals surface area contributed by atoms with Gasteiger partial charge in [-0.2, -0.15) is 0 Å². The van der Waals surface area contributed by atoms with Crippen molar-refractivity contribution in [1.29, 1.82) is 0 Å². The second kappa shape index (κ2) is 5.47. The number of nitrogens with two attached hydrogens (primary N) is 1. The molecule has 0 amide bonds. The van der Waals surface area contributed by atoms with Crippen LogP contribution in [0.1, 0.15) is 25.2 Å². The van der Waals surface area contributed by atoms with E-state index in [1.807, 2.05) is 0 Å². The molecule has 0 saturated heterocycles. The number of furan rings is 1. The quantitative estimate of drug-likeness (QED) is 0.764. The lowest BCUT2D eigenvalue weighted by Gasteiger charge is -2.22. The van der Waals surface area contributed by atoms with Gasteiger partial charge < -0.3 is 19.2 Å². The van der Waals surface area contributed by atoms with E-state index in [0.717, 1.165) is 0 Å². The van der Waals surface area contributed by atoms with Crippen LogP contribution < -0.4 is 5.73 Å². The minimum absolute atomic E-state index is 0.294. The summed E-state index contributed by atoms with van der Waals surface area (Å²) in [7, 11) is -3.28. The van der Waals surface area contributed by atoms with Gasteiger partial charge in [0.25, 0.3) is 0 Å². The summed E-state index contributed by atoms with van der Waals surface area (Å²) in [5, 5.41) is 0. The van der Waals surface area contributed by atoms with Crippen molar-refractivity contribution in [1.82, 2.24) is 0 Å². The normalized spacial score (nSPS) is 14.1. The highest BCUT2D eigenvalue weighted by atomic mass is 31.2. The first-order chi connectivity index (χ1) is 7.14. The molecule has 1 atom stereocenters. The van der Waals surface area contributed by atoms with E-state index in [1.54, 1.807) is 19.9 Å². The van der Waals surface area contributed by atoms with Gasteiger partial charge in [0.1, 0.15) is 5.78 Å². The number of hydrogen-bond acceptors (Lipinski definition) is 5. The maximum atomic E-state index is 12.2. The van der Waals surface area contributed by atoms with Gasteiger partial charge in [-0.05, 0) is 19.9 Å². The second-order valence-corrected chi connectivity index (χ2v) is 5.03. The molecule has 86 valence electrons. The number of rotatable bonds is 6. The summed E-state index contributed by atoms with van der Waals surface area (Å²) in [6.07, 6.45) is 2.91. The third-order valence-electron chi connectivity index (χ3n) is 1.84. The summed E-state index contributed by atoms with van der Waals surface area (Å²) >= 11 is 0. The van der Waals surface area contributed by atoms with Crippen molar-refractivity contribution in [2.75, 3.05) is 13.2 Å². The van der Waals surface area contributed by atoms with Gasteiger partial charge in [0.05, 0.1) is 25.7 Å². The second-order valence-electron chi connectivity index (χ2n) is 2.88. The lowest BCUT2D eigenvalue weighted by atomic mass is 10.3. The van der Waals surface area contributed by atoms with Crippen LogP contribution >= 0.6 is 7.60 Å². The summed E-state index contributed by atoms with van der Waals surface area (Å²) in [6, 6.07) is 1.65. The van der Waals surface area contributed by atoms with E-state index in [0.29, 0.717) is 18.8 Å². The highest BCUT2D eigenvalue weighted by molar-refractivity contribution is 7.54. The first-order valence-corrected chi connectivity index (χ1v) is 6.41. The van der Waals surface area contributed by atoms with Crippen LogP contribution in [0.2, 0.25) is 0 Å². The highest BCUT2D eigenvalue weighted by Gasteiger charge is 2.34. The third kappa shape index (κ3) is 2.92. The molecule has 0 aliphatic heterocycles. The summed E-state index contributed by atoms with van der Waals surface area (Å²) in [4.78, 5) is 0. The molecule has 1 rings (SSSR count). The molecular weight excluding hydrogens is 217 g/mol. The van der Waals surface area contributed by atoms with Crippen molar-refractivity contribution >= 4 is 7.60 Å². The maximum Gasteiger partial charge on any atom is 0.351 e. The van der Waals surface area contributed by atoms with Gasteiger partial charge in [-0.3, -0.25) is 4.57 Å². The van der Waals surface area contributed by atoms with E-state index >= 15 is 0 Å². The van der Waals surface area contributed by atoms with Gasteiger partial charge in [-0.25, -0.2) is 0 Å². The van der Waals surface area contributed by atoms with Crippen LogP contribution in [-0.2, 0) is 13.6 Å². The molecule has 0 radical (unpaired) electrons. The fraction of sp³-hybridized carbons (Fsp3) is 0.556. The molecule has 0 aliphatic carbocycles. The first-order valence-electron chi connectivity index (χ1n) is 4.80. The van der Waals surface area contributed by atoms with Gasteiger partial charge >= 0.3 is 7.60 Å². The summed E-state index contributed by atoms with van der Waals surface area (Å²) in [6.45, 7) is 4.08. The van der Waals surface area contributed by atoms with Crippen LogP contribution in [0.3, 0.4) is 0 Å². The third-order valence-corrected chi connectivity index (χ3v) is 4.06. The van der Waals surface area contributed by atoms with E-state index in [9.17, 15) is 4.57 Å². The molecule has 1 heterocycles. The molecule has 1 aromatic rings. The topological polar surface area (TPSA) is 74.7 Å². The summed E-state index contributed by atoms with van der Waals surface area (Å²) < 4.78 is 27.3. The predicted molar refractivity (Wildman–Crippen MR) is 56.5 cm³/mol. The molecule has 0 aliphatic rings. The Hall–Kier alpha value is -0.610. The molecule has 0 saturated carbocycles. The van der Waals surface area contributed by atoms with Crippen LogP contribution in [0, 0.1) is 0 Å². The van der Waals surface area contributed by atoms with Crippen LogP contribution in [-0.4, -0.2) is 13.2 Å². The molecular formula is C9H16NO4P. The van der Waals surface area contributed by atoms with Gasteiger partial charge in [0.15, 0.2) is 0 Å². The maximum absolute atomic E-state index is 12.2. The Morgan fingerprint density at radius 3 is 2.47 bits per heavy atom. The van der Waals surface area contributed by atoms with E-state index in [-0.39, 0.29) is 0 Å². The Labute approximate surface area is 89.1 Å². The van der Waals surface area contributed by atoms with Crippen LogP contribution in [0.4, 0.5) is 0 Å². The molecule has 0 spiro atoms. The first kappa shape index (κ1) is 12.5. The van der Waals surface area contributed by atoms with E-state index < -0.39 is 13.4 Å². The molecule has 15 heavy (non-hydrogen) atoms. The average molecular weight is 233 g/mol. The molecule has 1 aromatic heterocycles. The lowest BCUT2D eigenvalue weighted by Crippen LogP contribution is -2.14. The van der Waals surface area contributed by atoms with E-state index in [4.69, 9.17) is 19.2 Å². The van der Waals surface area contributed by atoms with Crippen molar-refractivity contribution in [3.05, 3.63) is 24.2 Å². The molecule has 2 N–H and O–H groups in total. The minimum atomic E-state index is -3.28. The standard InChI is InChI=1S/C9H16NO4P/c1-3-13-15(11,14-4-2)9(10)8-5-6-12-7-8/h5-7,9H,3-4,10H2,1-2H3/t9-/m1/s1. The van der Waals surface area contributed by atoms with Gasteiger partial charge in [0.2, 0.25) is 0 Å². The zero-order chi connectivity index (χ0) is 11.3. The zero-order valence-electron chi connectivity index (χ0n) is 8.88. The smallest absolute Gasteiger partial charge is 0.351 e. The lowest BCUT2D eigenvalue weighted by molar-refractivity contribution is 0.212. The molecule has 0 aromatic carbocycles. The van der Waals surface area contributed by atoms with Crippen molar-refractivity contribution in [2.45, 2.75) is 19.6 Å². The summed E-state index contributed by atoms with van der Waals surface area (Å²) in [5.74, 6) is -0.795. The molecule has 6 heteroatoms. The fourth-order valence-corrected chi connectivity index (χ4v) is 2.81. The van der Waals surface area contributed by atoms with Crippen molar-refractivity contribution in [3.8, 4) is 0 Å².